The van der Waals surface area contributed by atoms with Crippen LogP contribution in [-0.4, -0.2) is 23.0 Å². The van der Waals surface area contributed by atoms with E-state index in [0.717, 1.165) is 22.6 Å². The Morgan fingerprint density at radius 3 is 2.52 bits per heavy atom. The third-order valence-electron chi connectivity index (χ3n) is 6.26. The molecular weight excluding hydrogens is 480 g/mol. The van der Waals surface area contributed by atoms with E-state index in [4.69, 9.17) is 16.3 Å². The number of aryl methyl sites for hydroxylation is 1. The minimum absolute atomic E-state index is 0.167. The summed E-state index contributed by atoms with van der Waals surface area (Å²) in [6.45, 7) is 2.42. The lowest BCUT2D eigenvalue weighted by Crippen LogP contribution is -2.28. The minimum atomic E-state index is -0.257. The van der Waals surface area contributed by atoms with E-state index in [1.807, 2.05) is 25.1 Å². The van der Waals surface area contributed by atoms with E-state index in [0.29, 0.717) is 27.4 Å². The molecule has 0 spiro atoms. The number of hydrogen-bond donors (Lipinski definition) is 0. The Kier molecular flexibility index (Phi) is 5.22. The number of hydrogen-bond acceptors (Lipinski definition) is 4. The van der Waals surface area contributed by atoms with Crippen molar-refractivity contribution in [1.29, 1.82) is 0 Å². The average Bonchev–Trinajstić information content (AvgIpc) is 3.40. The van der Waals surface area contributed by atoms with Crippen LogP contribution in [0.4, 0.5) is 0 Å². The first-order chi connectivity index (χ1) is 14.9. The molecule has 1 saturated heterocycles. The number of ether oxygens (including phenoxy) is 1. The number of amides is 2. The second-order valence-electron chi connectivity index (χ2n) is 8.32. The van der Waals surface area contributed by atoms with E-state index in [-0.39, 0.29) is 35.5 Å². The second kappa shape index (κ2) is 7.92. The van der Waals surface area contributed by atoms with Gasteiger partial charge in [0.15, 0.2) is 5.75 Å². The Bertz CT molecular complexity index is 1090. The van der Waals surface area contributed by atoms with E-state index in [1.165, 1.54) is 6.21 Å². The number of carbonyl (C=O) groups excluding carboxylic acids is 2. The lowest BCUT2D eigenvalue weighted by molar-refractivity contribution is -0.140. The molecule has 0 aromatic heterocycles. The summed E-state index contributed by atoms with van der Waals surface area (Å²) in [6.07, 6.45) is 6.53. The summed E-state index contributed by atoms with van der Waals surface area (Å²) in [6, 6.07) is 11.6. The third kappa shape index (κ3) is 3.62. The van der Waals surface area contributed by atoms with Gasteiger partial charge in [0.1, 0.15) is 6.61 Å². The van der Waals surface area contributed by atoms with Crippen molar-refractivity contribution in [3.05, 3.63) is 74.7 Å². The van der Waals surface area contributed by atoms with Gasteiger partial charge in [-0.25, -0.2) is 0 Å². The largest absolute Gasteiger partial charge is 0.486 e. The van der Waals surface area contributed by atoms with E-state index < -0.39 is 0 Å². The molecule has 0 N–H and O–H groups in total. The topological polar surface area (TPSA) is 59.0 Å². The molecule has 4 unspecified atom stereocenters. The number of allylic oxidation sites excluding steroid dienone is 2. The molecule has 2 amide bonds. The van der Waals surface area contributed by atoms with Crippen LogP contribution < -0.4 is 4.74 Å². The number of carbonyl (C=O) groups is 2. The van der Waals surface area contributed by atoms with E-state index in [1.54, 1.807) is 12.1 Å². The number of imide groups is 1. The maximum Gasteiger partial charge on any atom is 0.254 e. The van der Waals surface area contributed by atoms with E-state index >= 15 is 0 Å². The standard InChI is InChI=1S/C24H20BrClN2O3/c1-13-3-2-4-14(7-13)12-31-22-18(25)8-15(9-19(22)26)11-27-28-23(29)20-16-5-6-17(10-16)21(20)24(28)30/h2-9,11,16-17,20-21H,10,12H2,1H3. The fourth-order valence-electron chi connectivity index (χ4n) is 4.87. The van der Waals surface area contributed by atoms with Gasteiger partial charge in [0.2, 0.25) is 0 Å². The van der Waals surface area contributed by atoms with Crippen LogP contribution in [0.25, 0.3) is 0 Å². The van der Waals surface area contributed by atoms with Crippen molar-refractivity contribution in [1.82, 2.24) is 5.01 Å². The summed E-state index contributed by atoms with van der Waals surface area (Å²) in [4.78, 5) is 25.5. The molecular formula is C24H20BrClN2O3. The van der Waals surface area contributed by atoms with Crippen molar-refractivity contribution >= 4 is 45.6 Å². The molecule has 0 radical (unpaired) electrons. The van der Waals surface area contributed by atoms with Gasteiger partial charge in [0.25, 0.3) is 11.8 Å². The maximum atomic E-state index is 12.7. The quantitative estimate of drug-likeness (QED) is 0.325. The van der Waals surface area contributed by atoms with Crippen LogP contribution in [0.1, 0.15) is 23.1 Å². The smallest absolute Gasteiger partial charge is 0.254 e. The second-order valence-corrected chi connectivity index (χ2v) is 9.59. The predicted octanol–water partition coefficient (Wildman–Crippen LogP) is 5.13. The molecule has 4 atom stereocenters. The molecule has 2 aromatic rings. The molecule has 5 rings (SSSR count). The van der Waals surface area contributed by atoms with Gasteiger partial charge in [-0.15, -0.1) is 0 Å². The number of fused-ring (bicyclic) bond motifs is 5. The van der Waals surface area contributed by atoms with Gasteiger partial charge < -0.3 is 4.74 Å². The van der Waals surface area contributed by atoms with Crippen LogP contribution in [0.3, 0.4) is 0 Å². The molecule has 31 heavy (non-hydrogen) atoms. The molecule has 2 bridgehead atoms. The summed E-state index contributed by atoms with van der Waals surface area (Å²) in [7, 11) is 0. The van der Waals surface area contributed by atoms with Gasteiger partial charge in [0, 0.05) is 0 Å². The van der Waals surface area contributed by atoms with Gasteiger partial charge in [-0.1, -0.05) is 53.6 Å². The molecule has 7 heteroatoms. The number of hydrazone groups is 1. The van der Waals surface area contributed by atoms with E-state index in [2.05, 4.69) is 39.2 Å². The van der Waals surface area contributed by atoms with Crippen molar-refractivity contribution < 1.29 is 14.3 Å². The SMILES string of the molecule is Cc1cccc(COc2c(Cl)cc(C=NN3C(=O)C4C5C=CC(C5)C4C3=O)cc2Br)c1. The monoisotopic (exact) mass is 498 g/mol. The molecule has 2 fully saturated rings. The summed E-state index contributed by atoms with van der Waals surface area (Å²) in [5.74, 6) is -0.0523. The molecule has 1 heterocycles. The Hall–Kier alpha value is -2.44. The zero-order valence-electron chi connectivity index (χ0n) is 16.8. The zero-order valence-corrected chi connectivity index (χ0v) is 19.1. The number of rotatable bonds is 5. The molecule has 3 aliphatic rings. The fourth-order valence-corrected chi connectivity index (χ4v) is 5.86. The van der Waals surface area contributed by atoms with Crippen molar-refractivity contribution in [2.45, 2.75) is 20.0 Å². The number of nitrogens with zero attached hydrogens (tertiary/aromatic N) is 2. The zero-order chi connectivity index (χ0) is 21.7. The molecule has 1 aliphatic heterocycles. The Balaban J connectivity index is 1.31. The molecule has 1 saturated carbocycles. The first kappa shape index (κ1) is 20.5. The van der Waals surface area contributed by atoms with Crippen molar-refractivity contribution in [3.63, 3.8) is 0 Å². The summed E-state index contributed by atoms with van der Waals surface area (Å²) in [5, 5.41) is 5.66. The van der Waals surface area contributed by atoms with Crippen LogP contribution in [0, 0.1) is 30.6 Å². The average molecular weight is 500 g/mol. The van der Waals surface area contributed by atoms with Crippen LogP contribution in [0.5, 0.6) is 5.75 Å². The highest BCUT2D eigenvalue weighted by atomic mass is 79.9. The number of halogens is 2. The van der Waals surface area contributed by atoms with Crippen LogP contribution in [0.15, 0.2) is 58.1 Å². The minimum Gasteiger partial charge on any atom is -0.486 e. The van der Waals surface area contributed by atoms with Gasteiger partial charge in [0.05, 0.1) is 27.5 Å². The van der Waals surface area contributed by atoms with Gasteiger partial charge in [-0.3, -0.25) is 9.59 Å². The first-order valence-electron chi connectivity index (χ1n) is 10.2. The lowest BCUT2D eigenvalue weighted by atomic mass is 9.85. The third-order valence-corrected chi connectivity index (χ3v) is 7.13. The lowest BCUT2D eigenvalue weighted by Gasteiger charge is -2.13. The highest BCUT2D eigenvalue weighted by Gasteiger charge is 2.59. The summed E-state index contributed by atoms with van der Waals surface area (Å²) in [5.41, 5.74) is 2.88. The highest BCUT2D eigenvalue weighted by molar-refractivity contribution is 9.10. The van der Waals surface area contributed by atoms with Crippen molar-refractivity contribution in [3.8, 4) is 5.75 Å². The number of benzene rings is 2. The van der Waals surface area contributed by atoms with Gasteiger partial charge in [-0.2, -0.15) is 10.1 Å². The van der Waals surface area contributed by atoms with E-state index in [9.17, 15) is 9.59 Å². The predicted molar refractivity (Wildman–Crippen MR) is 122 cm³/mol. The van der Waals surface area contributed by atoms with Crippen molar-refractivity contribution in [2.75, 3.05) is 0 Å². The summed E-state index contributed by atoms with van der Waals surface area (Å²) < 4.78 is 6.58. The van der Waals surface area contributed by atoms with Crippen molar-refractivity contribution in [2.24, 2.45) is 28.8 Å². The fraction of sp³-hybridized carbons (Fsp3) is 0.292. The Labute approximate surface area is 193 Å². The Morgan fingerprint density at radius 2 is 1.87 bits per heavy atom. The molecule has 5 nitrogen and oxygen atoms in total. The molecule has 2 aliphatic carbocycles. The van der Waals surface area contributed by atoms with Gasteiger partial charge in [-0.05, 0) is 64.4 Å². The molecule has 158 valence electrons. The summed E-state index contributed by atoms with van der Waals surface area (Å²) >= 11 is 9.94. The van der Waals surface area contributed by atoms with Gasteiger partial charge >= 0.3 is 0 Å². The Morgan fingerprint density at radius 1 is 1.16 bits per heavy atom. The normalized spacial score (nSPS) is 26.4. The van der Waals surface area contributed by atoms with Crippen LogP contribution >= 0.6 is 27.5 Å². The highest BCUT2D eigenvalue weighted by Crippen LogP contribution is 2.52. The van der Waals surface area contributed by atoms with Crippen LogP contribution in [0.2, 0.25) is 5.02 Å². The first-order valence-corrected chi connectivity index (χ1v) is 11.4. The molecule has 2 aromatic carbocycles. The van der Waals surface area contributed by atoms with Crippen LogP contribution in [-0.2, 0) is 16.2 Å². The maximum absolute atomic E-state index is 12.7.